The molecule has 0 aromatic heterocycles. The first kappa shape index (κ1) is 8.50. The Hall–Kier alpha value is -2.10. The van der Waals surface area contributed by atoms with E-state index in [1.165, 1.54) is 12.1 Å². The molecule has 0 atom stereocenters. The van der Waals surface area contributed by atoms with Crippen LogP contribution in [-0.4, -0.2) is 10.0 Å². The van der Waals surface area contributed by atoms with E-state index in [1.807, 2.05) is 6.07 Å². The van der Waals surface area contributed by atoms with E-state index in [0.717, 1.165) is 10.8 Å². The van der Waals surface area contributed by atoms with Crippen LogP contribution in [0.3, 0.4) is 0 Å². The standard InChI is InChI=1S/C10H7NO3/c12-10-6-8-4-2-1-3-7(8)5-9(10)11(13)14/h1-6,12H. The lowest BCUT2D eigenvalue weighted by atomic mass is 10.1. The smallest absolute Gasteiger partial charge is 0.311 e. The lowest BCUT2D eigenvalue weighted by Gasteiger charge is -1.99. The van der Waals surface area contributed by atoms with Crippen LogP contribution in [-0.2, 0) is 0 Å². The first-order chi connectivity index (χ1) is 6.68. The second kappa shape index (κ2) is 2.99. The van der Waals surface area contributed by atoms with Crippen LogP contribution in [0.15, 0.2) is 36.4 Å². The third-order valence-electron chi connectivity index (χ3n) is 2.04. The highest BCUT2D eigenvalue weighted by atomic mass is 16.6. The van der Waals surface area contributed by atoms with E-state index in [9.17, 15) is 15.2 Å². The van der Waals surface area contributed by atoms with Gasteiger partial charge in [-0.2, -0.15) is 0 Å². The van der Waals surface area contributed by atoms with Crippen LogP contribution < -0.4 is 0 Å². The summed E-state index contributed by atoms with van der Waals surface area (Å²) >= 11 is 0. The van der Waals surface area contributed by atoms with E-state index in [1.54, 1.807) is 18.2 Å². The fourth-order valence-corrected chi connectivity index (χ4v) is 1.36. The molecule has 4 heteroatoms. The highest BCUT2D eigenvalue weighted by Gasteiger charge is 2.13. The predicted molar refractivity (Wildman–Crippen MR) is 52.3 cm³/mol. The first-order valence-electron chi connectivity index (χ1n) is 4.04. The van der Waals surface area contributed by atoms with Crippen LogP contribution in [0.5, 0.6) is 5.75 Å². The van der Waals surface area contributed by atoms with Crippen molar-refractivity contribution in [1.29, 1.82) is 0 Å². The molecule has 1 N–H and O–H groups in total. The monoisotopic (exact) mass is 189 g/mol. The van der Waals surface area contributed by atoms with E-state index < -0.39 is 4.92 Å². The van der Waals surface area contributed by atoms with Crippen molar-refractivity contribution in [1.82, 2.24) is 0 Å². The molecular formula is C10H7NO3. The van der Waals surface area contributed by atoms with Crippen molar-refractivity contribution in [2.24, 2.45) is 0 Å². The number of hydrogen-bond acceptors (Lipinski definition) is 3. The molecule has 0 spiro atoms. The molecule has 0 saturated heterocycles. The molecule has 0 fully saturated rings. The number of phenols is 1. The summed E-state index contributed by atoms with van der Waals surface area (Å²) < 4.78 is 0. The summed E-state index contributed by atoms with van der Waals surface area (Å²) in [4.78, 5) is 9.92. The summed E-state index contributed by atoms with van der Waals surface area (Å²) in [5, 5.41) is 21.4. The number of nitrogens with zero attached hydrogens (tertiary/aromatic N) is 1. The van der Waals surface area contributed by atoms with Crippen molar-refractivity contribution < 1.29 is 10.0 Å². The van der Waals surface area contributed by atoms with Gasteiger partial charge in [0.25, 0.3) is 0 Å². The minimum absolute atomic E-state index is 0.260. The largest absolute Gasteiger partial charge is 0.502 e. The lowest BCUT2D eigenvalue weighted by Crippen LogP contribution is -1.88. The number of fused-ring (bicyclic) bond motifs is 1. The molecule has 14 heavy (non-hydrogen) atoms. The van der Waals surface area contributed by atoms with Gasteiger partial charge in [0.15, 0.2) is 5.75 Å². The molecule has 0 bridgehead atoms. The van der Waals surface area contributed by atoms with Gasteiger partial charge in [-0.15, -0.1) is 0 Å². The third-order valence-corrected chi connectivity index (χ3v) is 2.04. The van der Waals surface area contributed by atoms with Crippen molar-refractivity contribution >= 4 is 16.5 Å². The van der Waals surface area contributed by atoms with E-state index in [4.69, 9.17) is 0 Å². The van der Waals surface area contributed by atoms with Gasteiger partial charge in [0.1, 0.15) is 0 Å². The Kier molecular flexibility index (Phi) is 1.81. The topological polar surface area (TPSA) is 63.4 Å². The molecule has 0 aliphatic carbocycles. The highest BCUT2D eigenvalue weighted by molar-refractivity contribution is 5.86. The lowest BCUT2D eigenvalue weighted by molar-refractivity contribution is -0.385. The maximum absolute atomic E-state index is 10.5. The van der Waals surface area contributed by atoms with Crippen molar-refractivity contribution in [2.75, 3.05) is 0 Å². The van der Waals surface area contributed by atoms with E-state index >= 15 is 0 Å². The number of rotatable bonds is 1. The molecule has 0 amide bonds. The van der Waals surface area contributed by atoms with Gasteiger partial charge in [-0.25, -0.2) is 0 Å². The molecule has 4 nitrogen and oxygen atoms in total. The van der Waals surface area contributed by atoms with Crippen LogP contribution in [0.2, 0.25) is 0 Å². The summed E-state index contributed by atoms with van der Waals surface area (Å²) in [7, 11) is 0. The number of hydrogen-bond donors (Lipinski definition) is 1. The normalized spacial score (nSPS) is 10.3. The van der Waals surface area contributed by atoms with E-state index in [2.05, 4.69) is 0 Å². The highest BCUT2D eigenvalue weighted by Crippen LogP contribution is 2.30. The van der Waals surface area contributed by atoms with Crippen molar-refractivity contribution in [3.63, 3.8) is 0 Å². The Balaban J connectivity index is 2.77. The summed E-state index contributed by atoms with van der Waals surface area (Å²) in [5.41, 5.74) is -0.260. The number of aromatic hydroxyl groups is 1. The molecule has 0 saturated carbocycles. The zero-order valence-corrected chi connectivity index (χ0v) is 7.18. The summed E-state index contributed by atoms with van der Waals surface area (Å²) in [5.74, 6) is -0.297. The molecule has 0 aliphatic rings. The third kappa shape index (κ3) is 1.26. The van der Waals surface area contributed by atoms with E-state index in [0.29, 0.717) is 0 Å². The van der Waals surface area contributed by atoms with Crippen molar-refractivity contribution in [3.05, 3.63) is 46.5 Å². The number of phenolic OH excluding ortho intramolecular Hbond substituents is 1. The number of nitro benzene ring substituents is 1. The van der Waals surface area contributed by atoms with Crippen LogP contribution in [0.25, 0.3) is 10.8 Å². The Morgan fingerprint density at radius 2 is 1.71 bits per heavy atom. The average molecular weight is 189 g/mol. The molecule has 0 unspecified atom stereocenters. The minimum Gasteiger partial charge on any atom is -0.502 e. The van der Waals surface area contributed by atoms with Crippen LogP contribution in [0.4, 0.5) is 5.69 Å². The summed E-state index contributed by atoms with van der Waals surface area (Å²) in [6, 6.07) is 9.93. The van der Waals surface area contributed by atoms with Gasteiger partial charge in [0, 0.05) is 6.07 Å². The fraction of sp³-hybridized carbons (Fsp3) is 0. The Morgan fingerprint density at radius 3 is 2.29 bits per heavy atom. The Bertz CT molecular complexity index is 508. The first-order valence-corrected chi connectivity index (χ1v) is 4.04. The quantitative estimate of drug-likeness (QED) is 0.553. The molecule has 0 heterocycles. The fourth-order valence-electron chi connectivity index (χ4n) is 1.36. The van der Waals surface area contributed by atoms with Gasteiger partial charge in [-0.1, -0.05) is 24.3 Å². The number of nitro groups is 1. The zero-order chi connectivity index (χ0) is 10.1. The van der Waals surface area contributed by atoms with Gasteiger partial charge in [-0.3, -0.25) is 10.1 Å². The van der Waals surface area contributed by atoms with Gasteiger partial charge in [-0.05, 0) is 16.8 Å². The zero-order valence-electron chi connectivity index (χ0n) is 7.18. The molecule has 2 rings (SSSR count). The second-order valence-corrected chi connectivity index (χ2v) is 2.95. The second-order valence-electron chi connectivity index (χ2n) is 2.95. The van der Waals surface area contributed by atoms with Gasteiger partial charge in [0.2, 0.25) is 0 Å². The summed E-state index contributed by atoms with van der Waals surface area (Å²) in [6.45, 7) is 0. The molecule has 0 aliphatic heterocycles. The Morgan fingerprint density at radius 1 is 1.14 bits per heavy atom. The SMILES string of the molecule is O=[N+]([O-])c1cc2ccccc2cc1O. The van der Waals surface area contributed by atoms with Gasteiger partial charge < -0.3 is 5.11 Å². The van der Waals surface area contributed by atoms with Gasteiger partial charge in [0.05, 0.1) is 4.92 Å². The van der Waals surface area contributed by atoms with Crippen LogP contribution >= 0.6 is 0 Å². The predicted octanol–water partition coefficient (Wildman–Crippen LogP) is 2.45. The minimum atomic E-state index is -0.595. The Labute approximate surface area is 79.6 Å². The maximum Gasteiger partial charge on any atom is 0.311 e. The molecular weight excluding hydrogens is 182 g/mol. The summed E-state index contributed by atoms with van der Waals surface area (Å²) in [6.07, 6.45) is 0. The van der Waals surface area contributed by atoms with E-state index in [-0.39, 0.29) is 11.4 Å². The average Bonchev–Trinajstić information content (AvgIpc) is 2.16. The van der Waals surface area contributed by atoms with Crippen LogP contribution in [0, 0.1) is 10.1 Å². The molecule has 70 valence electrons. The molecule has 0 radical (unpaired) electrons. The van der Waals surface area contributed by atoms with Crippen molar-refractivity contribution in [2.45, 2.75) is 0 Å². The number of benzene rings is 2. The van der Waals surface area contributed by atoms with Gasteiger partial charge >= 0.3 is 5.69 Å². The van der Waals surface area contributed by atoms with Crippen LogP contribution in [0.1, 0.15) is 0 Å². The van der Waals surface area contributed by atoms with Crippen molar-refractivity contribution in [3.8, 4) is 5.75 Å². The maximum atomic E-state index is 10.5. The molecule has 2 aromatic carbocycles. The molecule has 2 aromatic rings.